The van der Waals surface area contributed by atoms with Crippen molar-refractivity contribution in [2.45, 2.75) is 30.7 Å². The molecule has 162 valence electrons. The quantitative estimate of drug-likeness (QED) is 0.358. The molecule has 2 aromatic carbocycles. The number of anilines is 1. The molecule has 2 N–H and O–H groups in total. The highest BCUT2D eigenvalue weighted by atomic mass is 127. The van der Waals surface area contributed by atoms with Gasteiger partial charge in [0.1, 0.15) is 0 Å². The van der Waals surface area contributed by atoms with E-state index in [0.29, 0.717) is 6.04 Å². The summed E-state index contributed by atoms with van der Waals surface area (Å²) in [6.07, 6.45) is 3.19. The number of guanidine groups is 1. The fourth-order valence-electron chi connectivity index (χ4n) is 4.51. The van der Waals surface area contributed by atoms with Crippen LogP contribution < -0.4 is 15.5 Å². The van der Waals surface area contributed by atoms with E-state index in [4.69, 9.17) is 4.74 Å². The van der Waals surface area contributed by atoms with E-state index in [0.717, 1.165) is 58.1 Å². The van der Waals surface area contributed by atoms with Gasteiger partial charge in [-0.2, -0.15) is 0 Å². The van der Waals surface area contributed by atoms with Crippen molar-refractivity contribution in [3.63, 3.8) is 0 Å². The summed E-state index contributed by atoms with van der Waals surface area (Å²) in [5.41, 5.74) is 2.79. The molecule has 2 aliphatic heterocycles. The molecule has 0 aliphatic carbocycles. The standard InChI is InChI=1S/C24H32N4O.HI/c1-25-23(27-21-12-15-28(18-21)22-10-6-3-7-11-22)26-19-24(13-16-29-17-14-24)20-8-4-2-5-9-20;/h2-11,21H,12-19H2,1H3,(H2,25,26,27);1H. The van der Waals surface area contributed by atoms with E-state index in [9.17, 15) is 0 Å². The van der Waals surface area contributed by atoms with Gasteiger partial charge in [0.05, 0.1) is 0 Å². The van der Waals surface area contributed by atoms with E-state index in [1.165, 1.54) is 11.3 Å². The average molecular weight is 520 g/mol. The molecule has 2 heterocycles. The molecule has 2 fully saturated rings. The maximum atomic E-state index is 5.66. The van der Waals surface area contributed by atoms with Gasteiger partial charge in [-0.15, -0.1) is 24.0 Å². The van der Waals surface area contributed by atoms with Gasteiger partial charge < -0.3 is 20.3 Å². The molecule has 30 heavy (non-hydrogen) atoms. The molecule has 2 aromatic rings. The highest BCUT2D eigenvalue weighted by molar-refractivity contribution is 14.0. The SMILES string of the molecule is CN=C(NCC1(c2ccccc2)CCOCC1)NC1CCN(c2ccccc2)C1.I. The van der Waals surface area contributed by atoms with Crippen molar-refractivity contribution in [2.75, 3.05) is 44.8 Å². The molecule has 0 spiro atoms. The summed E-state index contributed by atoms with van der Waals surface area (Å²) in [4.78, 5) is 6.94. The lowest BCUT2D eigenvalue weighted by atomic mass is 9.74. The summed E-state index contributed by atoms with van der Waals surface area (Å²) in [5.74, 6) is 0.895. The third kappa shape index (κ3) is 5.46. The van der Waals surface area contributed by atoms with Crippen molar-refractivity contribution in [1.29, 1.82) is 0 Å². The van der Waals surface area contributed by atoms with Gasteiger partial charge in [0.2, 0.25) is 0 Å². The Morgan fingerprint density at radius 1 is 1.07 bits per heavy atom. The lowest BCUT2D eigenvalue weighted by Gasteiger charge is -2.38. The summed E-state index contributed by atoms with van der Waals surface area (Å²) in [5, 5.41) is 7.26. The van der Waals surface area contributed by atoms with Crippen LogP contribution in [0.25, 0.3) is 0 Å². The monoisotopic (exact) mass is 520 g/mol. The molecule has 0 saturated carbocycles. The van der Waals surface area contributed by atoms with Crippen LogP contribution in [0.1, 0.15) is 24.8 Å². The lowest BCUT2D eigenvalue weighted by Crippen LogP contribution is -2.50. The Bertz CT molecular complexity index is 793. The number of ether oxygens (including phenoxy) is 1. The van der Waals surface area contributed by atoms with Crippen LogP contribution in [0.3, 0.4) is 0 Å². The predicted octanol–water partition coefficient (Wildman–Crippen LogP) is 3.80. The van der Waals surface area contributed by atoms with E-state index in [1.54, 1.807) is 0 Å². The van der Waals surface area contributed by atoms with Gasteiger partial charge in [-0.1, -0.05) is 48.5 Å². The average Bonchev–Trinajstić information content (AvgIpc) is 3.27. The van der Waals surface area contributed by atoms with Gasteiger partial charge in [-0.3, -0.25) is 4.99 Å². The summed E-state index contributed by atoms with van der Waals surface area (Å²) in [6, 6.07) is 21.9. The first-order valence-corrected chi connectivity index (χ1v) is 10.7. The molecule has 0 radical (unpaired) electrons. The highest BCUT2D eigenvalue weighted by Gasteiger charge is 2.34. The van der Waals surface area contributed by atoms with E-state index >= 15 is 0 Å². The number of nitrogens with one attached hydrogen (secondary N) is 2. The number of hydrogen-bond acceptors (Lipinski definition) is 3. The zero-order valence-electron chi connectivity index (χ0n) is 17.7. The fourth-order valence-corrected chi connectivity index (χ4v) is 4.51. The van der Waals surface area contributed by atoms with E-state index in [-0.39, 0.29) is 29.4 Å². The molecule has 0 bridgehead atoms. The molecular weight excluding hydrogens is 487 g/mol. The third-order valence-electron chi connectivity index (χ3n) is 6.30. The van der Waals surface area contributed by atoms with Crippen molar-refractivity contribution in [2.24, 2.45) is 4.99 Å². The fraction of sp³-hybridized carbons (Fsp3) is 0.458. The maximum absolute atomic E-state index is 5.66. The second kappa shape index (κ2) is 11.0. The molecule has 1 unspecified atom stereocenters. The number of nitrogens with zero attached hydrogens (tertiary/aromatic N) is 2. The lowest BCUT2D eigenvalue weighted by molar-refractivity contribution is 0.0513. The third-order valence-corrected chi connectivity index (χ3v) is 6.30. The number of para-hydroxylation sites is 1. The minimum atomic E-state index is 0. The Morgan fingerprint density at radius 2 is 1.73 bits per heavy atom. The minimum absolute atomic E-state index is 0. The van der Waals surface area contributed by atoms with Crippen LogP contribution in [-0.2, 0) is 10.2 Å². The molecule has 2 aliphatic rings. The van der Waals surface area contributed by atoms with Gasteiger partial charge in [0.15, 0.2) is 5.96 Å². The molecule has 6 heteroatoms. The predicted molar refractivity (Wildman–Crippen MR) is 135 cm³/mol. The number of benzene rings is 2. The molecule has 5 nitrogen and oxygen atoms in total. The van der Waals surface area contributed by atoms with Crippen molar-refractivity contribution >= 4 is 35.6 Å². The van der Waals surface area contributed by atoms with Crippen LogP contribution in [0, 0.1) is 0 Å². The van der Waals surface area contributed by atoms with Gasteiger partial charge in [-0.25, -0.2) is 0 Å². The van der Waals surface area contributed by atoms with Crippen LogP contribution >= 0.6 is 24.0 Å². The minimum Gasteiger partial charge on any atom is -0.381 e. The Morgan fingerprint density at radius 3 is 2.40 bits per heavy atom. The largest absolute Gasteiger partial charge is 0.381 e. The first-order chi connectivity index (χ1) is 14.3. The zero-order valence-corrected chi connectivity index (χ0v) is 20.0. The summed E-state index contributed by atoms with van der Waals surface area (Å²) in [6.45, 7) is 4.58. The Kier molecular flexibility index (Phi) is 8.39. The Hall–Kier alpha value is -1.80. The van der Waals surface area contributed by atoms with Crippen molar-refractivity contribution in [1.82, 2.24) is 10.6 Å². The first kappa shape index (κ1) is 22.9. The van der Waals surface area contributed by atoms with Crippen molar-refractivity contribution in [3.05, 3.63) is 66.2 Å². The van der Waals surface area contributed by atoms with Crippen LogP contribution in [0.4, 0.5) is 5.69 Å². The number of rotatable bonds is 5. The van der Waals surface area contributed by atoms with Crippen LogP contribution in [0.5, 0.6) is 0 Å². The van der Waals surface area contributed by atoms with E-state index in [1.807, 2.05) is 7.05 Å². The number of halogens is 1. The molecule has 4 rings (SSSR count). The second-order valence-corrected chi connectivity index (χ2v) is 8.10. The van der Waals surface area contributed by atoms with Gasteiger partial charge in [-0.05, 0) is 37.0 Å². The Balaban J connectivity index is 0.00000256. The molecular formula is C24H33IN4O. The zero-order chi connectivity index (χ0) is 19.9. The summed E-state index contributed by atoms with van der Waals surface area (Å²) in [7, 11) is 1.86. The number of hydrogen-bond donors (Lipinski definition) is 2. The van der Waals surface area contributed by atoms with Crippen molar-refractivity contribution < 1.29 is 4.74 Å². The summed E-state index contributed by atoms with van der Waals surface area (Å²) < 4.78 is 5.66. The van der Waals surface area contributed by atoms with E-state index in [2.05, 4.69) is 81.2 Å². The Labute approximate surface area is 197 Å². The second-order valence-electron chi connectivity index (χ2n) is 8.10. The highest BCUT2D eigenvalue weighted by Crippen LogP contribution is 2.34. The topological polar surface area (TPSA) is 48.9 Å². The smallest absolute Gasteiger partial charge is 0.191 e. The number of aliphatic imine (C=N–C) groups is 1. The molecule has 1 atom stereocenters. The van der Waals surface area contributed by atoms with Crippen LogP contribution in [-0.4, -0.2) is 51.9 Å². The van der Waals surface area contributed by atoms with Gasteiger partial charge in [0, 0.05) is 57.0 Å². The molecule has 0 amide bonds. The van der Waals surface area contributed by atoms with Gasteiger partial charge in [0.25, 0.3) is 0 Å². The summed E-state index contributed by atoms with van der Waals surface area (Å²) >= 11 is 0. The van der Waals surface area contributed by atoms with Crippen LogP contribution in [0.2, 0.25) is 0 Å². The van der Waals surface area contributed by atoms with Gasteiger partial charge >= 0.3 is 0 Å². The first-order valence-electron chi connectivity index (χ1n) is 10.7. The van der Waals surface area contributed by atoms with Crippen molar-refractivity contribution in [3.8, 4) is 0 Å². The normalized spacial score (nSPS) is 21.0. The van der Waals surface area contributed by atoms with E-state index < -0.39 is 0 Å². The molecule has 2 saturated heterocycles. The molecule has 0 aromatic heterocycles. The maximum Gasteiger partial charge on any atom is 0.191 e. The van der Waals surface area contributed by atoms with Crippen LogP contribution in [0.15, 0.2) is 65.7 Å².